The first-order valence-electron chi connectivity index (χ1n) is 7.41. The topological polar surface area (TPSA) is 84.2 Å². The van der Waals surface area contributed by atoms with Gasteiger partial charge >= 0.3 is 0 Å². The van der Waals surface area contributed by atoms with Crippen molar-refractivity contribution < 1.29 is 14.0 Å². The Hall–Kier alpha value is -1.95. The number of benzene rings is 1. The average Bonchev–Trinajstić information content (AvgIpc) is 2.44. The maximum atomic E-state index is 12.9. The van der Waals surface area contributed by atoms with Crippen molar-refractivity contribution in [3.8, 4) is 0 Å². The van der Waals surface area contributed by atoms with Crippen LogP contribution in [0.1, 0.15) is 37.6 Å². The van der Waals surface area contributed by atoms with Gasteiger partial charge in [-0.1, -0.05) is 13.8 Å². The largest absolute Gasteiger partial charge is 0.354 e. The smallest absolute Gasteiger partial charge is 0.251 e. The number of nitrogens with one attached hydrogen (secondary N) is 2. The van der Waals surface area contributed by atoms with E-state index in [9.17, 15) is 14.0 Å². The first-order valence-corrected chi connectivity index (χ1v) is 7.41. The van der Waals surface area contributed by atoms with Gasteiger partial charge in [0.05, 0.1) is 0 Å². The SMILES string of the molecule is CC(N)CCNC(=O)C(NC(=O)c1ccc(F)cc1)C(C)C. The monoisotopic (exact) mass is 309 g/mol. The average molecular weight is 309 g/mol. The predicted octanol–water partition coefficient (Wildman–Crippen LogP) is 1.43. The molecule has 6 heteroatoms. The van der Waals surface area contributed by atoms with Gasteiger partial charge in [-0.25, -0.2) is 4.39 Å². The fourth-order valence-electron chi connectivity index (χ4n) is 1.89. The normalized spacial score (nSPS) is 13.5. The van der Waals surface area contributed by atoms with Crippen molar-refractivity contribution in [2.75, 3.05) is 6.54 Å². The summed E-state index contributed by atoms with van der Waals surface area (Å²) in [4.78, 5) is 24.3. The molecular weight excluding hydrogens is 285 g/mol. The Morgan fingerprint density at radius 1 is 1.18 bits per heavy atom. The number of carbonyl (C=O) groups is 2. The second kappa shape index (κ2) is 8.48. The van der Waals surface area contributed by atoms with E-state index in [2.05, 4.69) is 10.6 Å². The molecule has 0 heterocycles. The first kappa shape index (κ1) is 18.1. The van der Waals surface area contributed by atoms with E-state index in [-0.39, 0.29) is 17.9 Å². The number of nitrogens with two attached hydrogens (primary N) is 1. The molecule has 2 unspecified atom stereocenters. The molecule has 0 aliphatic carbocycles. The highest BCUT2D eigenvalue weighted by molar-refractivity contribution is 5.97. The van der Waals surface area contributed by atoms with Crippen molar-refractivity contribution in [3.05, 3.63) is 35.6 Å². The van der Waals surface area contributed by atoms with Crippen LogP contribution in [0.15, 0.2) is 24.3 Å². The lowest BCUT2D eigenvalue weighted by atomic mass is 10.0. The molecular formula is C16H24FN3O2. The third kappa shape index (κ3) is 5.81. The molecule has 1 aromatic carbocycles. The third-order valence-corrected chi connectivity index (χ3v) is 3.24. The highest BCUT2D eigenvalue weighted by Gasteiger charge is 2.24. The summed E-state index contributed by atoms with van der Waals surface area (Å²) in [6.07, 6.45) is 0.669. The summed E-state index contributed by atoms with van der Waals surface area (Å²) in [5.41, 5.74) is 5.95. The zero-order chi connectivity index (χ0) is 16.7. The standard InChI is InChI=1S/C16H24FN3O2/c1-10(2)14(16(22)19-9-8-11(3)18)20-15(21)12-4-6-13(17)7-5-12/h4-7,10-11,14H,8-9,18H2,1-3H3,(H,19,22)(H,20,21). The third-order valence-electron chi connectivity index (χ3n) is 3.24. The molecule has 0 radical (unpaired) electrons. The van der Waals surface area contributed by atoms with Gasteiger partial charge in [0, 0.05) is 18.2 Å². The van der Waals surface area contributed by atoms with Crippen LogP contribution in [-0.2, 0) is 4.79 Å². The van der Waals surface area contributed by atoms with E-state index in [4.69, 9.17) is 5.73 Å². The van der Waals surface area contributed by atoms with Crippen LogP contribution in [0.2, 0.25) is 0 Å². The van der Waals surface area contributed by atoms with Gasteiger partial charge in [-0.3, -0.25) is 9.59 Å². The molecule has 0 fully saturated rings. The molecule has 2 atom stereocenters. The lowest BCUT2D eigenvalue weighted by Crippen LogP contribution is -2.50. The highest BCUT2D eigenvalue weighted by Crippen LogP contribution is 2.06. The summed E-state index contributed by atoms with van der Waals surface area (Å²) in [6, 6.07) is 4.55. The van der Waals surface area contributed by atoms with E-state index in [1.807, 2.05) is 20.8 Å². The van der Waals surface area contributed by atoms with E-state index >= 15 is 0 Å². The molecule has 0 aliphatic rings. The van der Waals surface area contributed by atoms with E-state index < -0.39 is 17.8 Å². The van der Waals surface area contributed by atoms with E-state index in [0.29, 0.717) is 18.5 Å². The van der Waals surface area contributed by atoms with Crippen LogP contribution in [0.3, 0.4) is 0 Å². The number of hydrogen-bond donors (Lipinski definition) is 3. The number of amides is 2. The Kier molecular flexibility index (Phi) is 6.98. The summed E-state index contributed by atoms with van der Waals surface area (Å²) in [6.45, 7) is 6.02. The van der Waals surface area contributed by atoms with Gasteiger partial charge in [-0.15, -0.1) is 0 Å². The second-order valence-corrected chi connectivity index (χ2v) is 5.76. The number of rotatable bonds is 7. The summed E-state index contributed by atoms with van der Waals surface area (Å²) in [5, 5.41) is 5.45. The highest BCUT2D eigenvalue weighted by atomic mass is 19.1. The number of hydrogen-bond acceptors (Lipinski definition) is 3. The molecule has 0 spiro atoms. The van der Waals surface area contributed by atoms with Gasteiger partial charge in [-0.05, 0) is 43.5 Å². The van der Waals surface area contributed by atoms with Crippen molar-refractivity contribution in [2.24, 2.45) is 11.7 Å². The van der Waals surface area contributed by atoms with Crippen LogP contribution in [0.25, 0.3) is 0 Å². The fraction of sp³-hybridized carbons (Fsp3) is 0.500. The first-order chi connectivity index (χ1) is 10.3. The van der Waals surface area contributed by atoms with Crippen LogP contribution in [0, 0.1) is 11.7 Å². The van der Waals surface area contributed by atoms with Crippen LogP contribution in [-0.4, -0.2) is 30.4 Å². The lowest BCUT2D eigenvalue weighted by Gasteiger charge is -2.22. The van der Waals surface area contributed by atoms with Crippen molar-refractivity contribution in [3.63, 3.8) is 0 Å². The number of halogens is 1. The van der Waals surface area contributed by atoms with Crippen molar-refractivity contribution >= 4 is 11.8 Å². The van der Waals surface area contributed by atoms with Crippen molar-refractivity contribution in [1.29, 1.82) is 0 Å². The Bertz CT molecular complexity index is 501. The Balaban J connectivity index is 2.65. The molecule has 122 valence electrons. The van der Waals surface area contributed by atoms with Gasteiger partial charge < -0.3 is 16.4 Å². The fourth-order valence-corrected chi connectivity index (χ4v) is 1.89. The molecule has 0 aliphatic heterocycles. The molecule has 4 N–H and O–H groups in total. The van der Waals surface area contributed by atoms with Gasteiger partial charge in [0.15, 0.2) is 0 Å². The predicted molar refractivity (Wildman–Crippen MR) is 83.8 cm³/mol. The Morgan fingerprint density at radius 3 is 2.27 bits per heavy atom. The summed E-state index contributed by atoms with van der Waals surface area (Å²) in [5.74, 6) is -1.13. The van der Waals surface area contributed by atoms with E-state index in [1.165, 1.54) is 24.3 Å². The summed E-state index contributed by atoms with van der Waals surface area (Å²) < 4.78 is 12.9. The summed E-state index contributed by atoms with van der Waals surface area (Å²) in [7, 11) is 0. The van der Waals surface area contributed by atoms with Crippen LogP contribution in [0.5, 0.6) is 0 Å². The molecule has 5 nitrogen and oxygen atoms in total. The quantitative estimate of drug-likeness (QED) is 0.712. The lowest BCUT2D eigenvalue weighted by molar-refractivity contribution is -0.123. The van der Waals surface area contributed by atoms with Crippen LogP contribution >= 0.6 is 0 Å². The van der Waals surface area contributed by atoms with Crippen LogP contribution < -0.4 is 16.4 Å². The van der Waals surface area contributed by atoms with Gasteiger partial charge in [0.2, 0.25) is 5.91 Å². The van der Waals surface area contributed by atoms with Gasteiger partial charge in [-0.2, -0.15) is 0 Å². The van der Waals surface area contributed by atoms with Gasteiger partial charge in [0.25, 0.3) is 5.91 Å². The minimum absolute atomic E-state index is 0.00612. The van der Waals surface area contributed by atoms with Gasteiger partial charge in [0.1, 0.15) is 11.9 Å². The Labute approximate surface area is 130 Å². The van der Waals surface area contributed by atoms with E-state index in [1.54, 1.807) is 0 Å². The minimum Gasteiger partial charge on any atom is -0.354 e. The van der Waals surface area contributed by atoms with Crippen LogP contribution in [0.4, 0.5) is 4.39 Å². The molecule has 22 heavy (non-hydrogen) atoms. The molecule has 0 aromatic heterocycles. The maximum absolute atomic E-state index is 12.9. The number of carbonyl (C=O) groups excluding carboxylic acids is 2. The molecule has 0 saturated heterocycles. The zero-order valence-corrected chi connectivity index (χ0v) is 13.2. The van der Waals surface area contributed by atoms with Crippen molar-refractivity contribution in [1.82, 2.24) is 10.6 Å². The maximum Gasteiger partial charge on any atom is 0.251 e. The summed E-state index contributed by atoms with van der Waals surface area (Å²) >= 11 is 0. The molecule has 2 amide bonds. The second-order valence-electron chi connectivity index (χ2n) is 5.76. The van der Waals surface area contributed by atoms with E-state index in [0.717, 1.165) is 0 Å². The zero-order valence-electron chi connectivity index (χ0n) is 13.2. The molecule has 0 bridgehead atoms. The molecule has 0 saturated carbocycles. The minimum atomic E-state index is -0.648. The Morgan fingerprint density at radius 2 is 1.77 bits per heavy atom. The molecule has 1 aromatic rings. The van der Waals surface area contributed by atoms with Crippen molar-refractivity contribution in [2.45, 2.75) is 39.3 Å². The molecule has 1 rings (SSSR count).